The van der Waals surface area contributed by atoms with E-state index < -0.39 is 58.4 Å². The highest BCUT2D eigenvalue weighted by Gasteiger charge is 2.84. The molecule has 3 saturated carbocycles. The average molecular weight is 402 g/mol. The van der Waals surface area contributed by atoms with Crippen LogP contribution in [0.3, 0.4) is 0 Å². The average Bonchev–Trinajstić information content (AvgIpc) is 3.05. The molecule has 5 aliphatic rings. The lowest BCUT2D eigenvalue weighted by molar-refractivity contribution is -0.173. The van der Waals surface area contributed by atoms with Gasteiger partial charge in [-0.1, -0.05) is 12.2 Å². The maximum atomic E-state index is 13.2. The molecule has 1 heterocycles. The van der Waals surface area contributed by atoms with Crippen LogP contribution < -0.4 is 0 Å². The highest BCUT2D eigenvalue weighted by molar-refractivity contribution is 5.87. The third kappa shape index (κ3) is 1.86. The predicted molar refractivity (Wildman–Crippen MR) is 99.0 cm³/mol. The minimum atomic E-state index is -1.23. The molecule has 9 atom stereocenters. The van der Waals surface area contributed by atoms with E-state index in [1.165, 1.54) is 14.0 Å². The van der Waals surface area contributed by atoms with Gasteiger partial charge >= 0.3 is 17.9 Å². The number of aliphatic hydroxyl groups excluding tert-OH is 1. The number of rotatable bonds is 2. The fourth-order valence-corrected chi connectivity index (χ4v) is 7.63. The van der Waals surface area contributed by atoms with Crippen LogP contribution in [0.1, 0.15) is 33.1 Å². The van der Waals surface area contributed by atoms with Gasteiger partial charge in [0.15, 0.2) is 0 Å². The van der Waals surface area contributed by atoms with Crippen molar-refractivity contribution in [2.24, 2.45) is 34.5 Å². The van der Waals surface area contributed by atoms with Crippen molar-refractivity contribution in [1.29, 1.82) is 0 Å². The Bertz CT molecular complexity index is 876. The number of carbonyl (C=O) groups excluding carboxylic acids is 3. The highest BCUT2D eigenvalue weighted by atomic mass is 16.6. The van der Waals surface area contributed by atoms with Gasteiger partial charge in [-0.15, -0.1) is 0 Å². The quantitative estimate of drug-likeness (QED) is 0.425. The Morgan fingerprint density at radius 3 is 2.72 bits per heavy atom. The molecule has 7 heteroatoms. The zero-order valence-corrected chi connectivity index (χ0v) is 16.8. The number of esters is 3. The van der Waals surface area contributed by atoms with Crippen LogP contribution in [0.15, 0.2) is 24.3 Å². The Labute approximate surface area is 169 Å². The minimum absolute atomic E-state index is 0.0646. The van der Waals surface area contributed by atoms with Crippen LogP contribution in [0.2, 0.25) is 0 Å². The monoisotopic (exact) mass is 402 g/mol. The van der Waals surface area contributed by atoms with Gasteiger partial charge in [0, 0.05) is 30.1 Å². The van der Waals surface area contributed by atoms with Gasteiger partial charge in [-0.2, -0.15) is 0 Å². The summed E-state index contributed by atoms with van der Waals surface area (Å²) in [6.45, 7) is 7.17. The summed E-state index contributed by atoms with van der Waals surface area (Å²) in [5, 5.41) is 11.4. The van der Waals surface area contributed by atoms with Crippen molar-refractivity contribution >= 4 is 17.9 Å². The molecule has 29 heavy (non-hydrogen) atoms. The first-order valence-corrected chi connectivity index (χ1v) is 10.2. The Morgan fingerprint density at radius 2 is 2.07 bits per heavy atom. The molecule has 0 amide bonds. The van der Waals surface area contributed by atoms with Gasteiger partial charge in [0.2, 0.25) is 0 Å². The number of ether oxygens (including phenoxy) is 3. The molecule has 7 nitrogen and oxygen atoms in total. The summed E-state index contributed by atoms with van der Waals surface area (Å²) in [7, 11) is 1.32. The molecule has 5 rings (SSSR count). The molecule has 1 saturated heterocycles. The van der Waals surface area contributed by atoms with Crippen LogP contribution in [0.4, 0.5) is 0 Å². The van der Waals surface area contributed by atoms with Crippen molar-refractivity contribution in [3.8, 4) is 0 Å². The Morgan fingerprint density at radius 1 is 1.34 bits per heavy atom. The number of methoxy groups -OCH3 is 1. The van der Waals surface area contributed by atoms with Crippen molar-refractivity contribution in [3.63, 3.8) is 0 Å². The third-order valence-corrected chi connectivity index (χ3v) is 8.57. The van der Waals surface area contributed by atoms with Crippen molar-refractivity contribution < 1.29 is 33.7 Å². The first-order valence-electron chi connectivity index (χ1n) is 10.2. The summed E-state index contributed by atoms with van der Waals surface area (Å²) >= 11 is 0. The second-order valence-corrected chi connectivity index (χ2v) is 9.52. The molecule has 4 fully saturated rings. The Balaban J connectivity index is 1.75. The first-order chi connectivity index (χ1) is 13.6. The molecule has 0 aromatic rings. The lowest BCUT2D eigenvalue weighted by Crippen LogP contribution is -2.53. The van der Waals surface area contributed by atoms with E-state index >= 15 is 0 Å². The molecule has 0 radical (unpaired) electrons. The predicted octanol–water partition coefficient (Wildman–Crippen LogP) is 1.54. The largest absolute Gasteiger partial charge is 0.469 e. The zero-order valence-electron chi connectivity index (χ0n) is 16.8. The molecule has 4 bridgehead atoms. The van der Waals surface area contributed by atoms with Crippen molar-refractivity contribution in [2.45, 2.75) is 50.9 Å². The number of carbonyl (C=O) groups is 3. The number of aliphatic hydroxyl groups is 1. The summed E-state index contributed by atoms with van der Waals surface area (Å²) < 4.78 is 16.8. The maximum absolute atomic E-state index is 13.2. The van der Waals surface area contributed by atoms with E-state index in [0.29, 0.717) is 6.42 Å². The van der Waals surface area contributed by atoms with E-state index in [4.69, 9.17) is 14.2 Å². The fourth-order valence-electron chi connectivity index (χ4n) is 7.63. The van der Waals surface area contributed by atoms with Crippen LogP contribution >= 0.6 is 0 Å². The summed E-state index contributed by atoms with van der Waals surface area (Å²) in [5.41, 5.74) is -2.10. The highest BCUT2D eigenvalue weighted by Crippen LogP contribution is 2.77. The van der Waals surface area contributed by atoms with E-state index in [2.05, 4.69) is 6.58 Å². The molecule has 0 aromatic heterocycles. The SMILES string of the molecule is C=C1C[C@]23C(O)[C@H]1CC[C@H]2[C@@]12C=C[C@H](OC(C)=O)[C@@](C)(C(=O)O1)[C@H]2[C@@H]3C(=O)OC. The number of hydrogen-bond donors (Lipinski definition) is 1. The van der Waals surface area contributed by atoms with Gasteiger partial charge < -0.3 is 19.3 Å². The van der Waals surface area contributed by atoms with E-state index in [0.717, 1.165) is 18.4 Å². The van der Waals surface area contributed by atoms with Crippen molar-refractivity contribution in [3.05, 3.63) is 24.3 Å². The molecule has 1 spiro atoms. The van der Waals surface area contributed by atoms with Gasteiger partial charge in [-0.05, 0) is 38.3 Å². The summed E-state index contributed by atoms with van der Waals surface area (Å²) in [4.78, 5) is 38.1. The Hall–Kier alpha value is -2.15. The van der Waals surface area contributed by atoms with Gasteiger partial charge in [0.1, 0.15) is 17.1 Å². The van der Waals surface area contributed by atoms with Gasteiger partial charge in [0.25, 0.3) is 0 Å². The van der Waals surface area contributed by atoms with Crippen LogP contribution in [0.25, 0.3) is 0 Å². The standard InChI is InChI=1S/C22H26O7/c1-10-9-21-13(6-5-12(10)17(21)24)22-8-7-14(28-11(2)23)20(3,19(26)29-22)16(22)15(21)18(25)27-4/h7-8,12-17,24H,1,5-6,9H2,2-4H3/t12-,13+,14-,15+,16+,17?,20+,21-,22+/m0/s1. The molecular formula is C22H26O7. The molecule has 4 aliphatic carbocycles. The van der Waals surface area contributed by atoms with E-state index in [1.807, 2.05) is 0 Å². The molecular weight excluding hydrogens is 376 g/mol. The van der Waals surface area contributed by atoms with Crippen LogP contribution in [0, 0.1) is 34.5 Å². The minimum Gasteiger partial charge on any atom is -0.469 e. The smallest absolute Gasteiger partial charge is 0.317 e. The van der Waals surface area contributed by atoms with E-state index in [-0.39, 0.29) is 11.8 Å². The van der Waals surface area contributed by atoms with E-state index in [9.17, 15) is 19.5 Å². The van der Waals surface area contributed by atoms with Crippen LogP contribution in [-0.2, 0) is 28.6 Å². The topological polar surface area (TPSA) is 99.1 Å². The maximum Gasteiger partial charge on any atom is 0.317 e. The second kappa shape index (κ2) is 5.50. The second-order valence-electron chi connectivity index (χ2n) is 9.52. The van der Waals surface area contributed by atoms with Gasteiger partial charge in [0.05, 0.1) is 19.1 Å². The molecule has 1 unspecified atom stereocenters. The summed E-state index contributed by atoms with van der Waals surface area (Å²) in [6.07, 6.45) is 3.90. The molecule has 1 N–H and O–H groups in total. The summed E-state index contributed by atoms with van der Waals surface area (Å²) in [5.74, 6) is -3.08. The zero-order chi connectivity index (χ0) is 20.9. The lowest BCUT2D eigenvalue weighted by atomic mass is 9.60. The molecule has 1 aliphatic heterocycles. The van der Waals surface area contributed by atoms with Crippen molar-refractivity contribution in [1.82, 2.24) is 0 Å². The molecule has 0 aromatic carbocycles. The van der Waals surface area contributed by atoms with Crippen LogP contribution in [0.5, 0.6) is 0 Å². The number of hydrogen-bond acceptors (Lipinski definition) is 7. The van der Waals surface area contributed by atoms with E-state index in [1.54, 1.807) is 19.1 Å². The first kappa shape index (κ1) is 18.9. The van der Waals surface area contributed by atoms with Gasteiger partial charge in [-0.25, -0.2) is 0 Å². The number of fused-ring (bicyclic) bond motifs is 1. The Kier molecular flexibility index (Phi) is 3.58. The third-order valence-electron chi connectivity index (χ3n) is 8.57. The van der Waals surface area contributed by atoms with Crippen molar-refractivity contribution in [2.75, 3.05) is 7.11 Å². The molecule has 156 valence electrons. The normalized spacial score (nSPS) is 51.3. The summed E-state index contributed by atoms with van der Waals surface area (Å²) in [6, 6.07) is 0. The fraction of sp³-hybridized carbons (Fsp3) is 0.682. The van der Waals surface area contributed by atoms with Crippen LogP contribution in [-0.4, -0.2) is 47.9 Å². The lowest BCUT2D eigenvalue weighted by Gasteiger charge is -2.45. The van der Waals surface area contributed by atoms with Gasteiger partial charge in [-0.3, -0.25) is 14.4 Å².